The fraction of sp³-hybridized carbons (Fsp3) is 0.529. The summed E-state index contributed by atoms with van der Waals surface area (Å²) in [6.07, 6.45) is 1.78. The van der Waals surface area contributed by atoms with E-state index in [4.69, 9.17) is 4.74 Å². The van der Waals surface area contributed by atoms with Gasteiger partial charge in [0.05, 0.1) is 19.3 Å². The Labute approximate surface area is 131 Å². The van der Waals surface area contributed by atoms with Crippen molar-refractivity contribution in [3.05, 3.63) is 24.3 Å². The van der Waals surface area contributed by atoms with Gasteiger partial charge in [-0.2, -0.15) is 0 Å². The molecule has 1 fully saturated rings. The lowest BCUT2D eigenvalue weighted by Crippen LogP contribution is -2.39. The summed E-state index contributed by atoms with van der Waals surface area (Å²) in [5, 5.41) is 2.82. The smallest absolute Gasteiger partial charge is 0.244 e. The summed E-state index contributed by atoms with van der Waals surface area (Å²) in [6.45, 7) is 4.78. The maximum absolute atomic E-state index is 12.3. The number of para-hydroxylation sites is 2. The highest BCUT2D eigenvalue weighted by Gasteiger charge is 2.41. The molecule has 0 radical (unpaired) electrons. The van der Waals surface area contributed by atoms with Crippen molar-refractivity contribution in [2.75, 3.05) is 25.5 Å². The third-order valence-electron chi connectivity index (χ3n) is 3.95. The average molecular weight is 304 g/mol. The van der Waals surface area contributed by atoms with Crippen LogP contribution in [0.5, 0.6) is 5.75 Å². The number of nitrogens with one attached hydrogen (secondary N) is 1. The molecule has 1 aromatic carbocycles. The molecule has 5 heteroatoms. The second kappa shape index (κ2) is 7.29. The maximum Gasteiger partial charge on any atom is 0.244 e. The lowest BCUT2D eigenvalue weighted by atomic mass is 10.2. The first-order valence-electron chi connectivity index (χ1n) is 7.78. The van der Waals surface area contributed by atoms with Crippen LogP contribution in [0.3, 0.4) is 0 Å². The van der Waals surface area contributed by atoms with Gasteiger partial charge in [-0.25, -0.2) is 0 Å². The molecule has 120 valence electrons. The van der Waals surface area contributed by atoms with E-state index in [0.717, 1.165) is 12.8 Å². The van der Waals surface area contributed by atoms with Crippen LogP contribution in [-0.2, 0) is 9.59 Å². The first-order valence-corrected chi connectivity index (χ1v) is 7.78. The van der Waals surface area contributed by atoms with E-state index in [-0.39, 0.29) is 24.3 Å². The Balaban J connectivity index is 1.97. The molecule has 2 rings (SSSR count). The number of carbonyl (C=O) groups excluding carboxylic acids is 2. The standard InChI is InChI=1S/C17H24N2O3/c1-4-9-19(17(21)13-10-12(13)2)11-16(20)18-14-7-5-6-8-15(14)22-3/h5-8,12-13H,4,9-11H2,1-3H3,(H,18,20). The monoisotopic (exact) mass is 304 g/mol. The minimum Gasteiger partial charge on any atom is -0.495 e. The number of ether oxygens (including phenoxy) is 1. The van der Waals surface area contributed by atoms with Crippen molar-refractivity contribution in [2.24, 2.45) is 11.8 Å². The van der Waals surface area contributed by atoms with Crippen LogP contribution in [0.15, 0.2) is 24.3 Å². The molecule has 1 N–H and O–H groups in total. The second-order valence-electron chi connectivity index (χ2n) is 5.83. The fourth-order valence-electron chi connectivity index (χ4n) is 2.55. The molecule has 1 saturated carbocycles. The molecular formula is C17H24N2O3. The van der Waals surface area contributed by atoms with Crippen LogP contribution in [0.25, 0.3) is 0 Å². The Kier molecular flexibility index (Phi) is 5.41. The Morgan fingerprint density at radius 1 is 1.36 bits per heavy atom. The molecule has 1 aliphatic carbocycles. The van der Waals surface area contributed by atoms with Gasteiger partial charge in [-0.05, 0) is 30.9 Å². The molecule has 1 aliphatic rings. The van der Waals surface area contributed by atoms with E-state index in [1.807, 2.05) is 19.1 Å². The summed E-state index contributed by atoms with van der Waals surface area (Å²) in [5.74, 6) is 1.07. The van der Waals surface area contributed by atoms with Gasteiger partial charge in [0.15, 0.2) is 0 Å². The van der Waals surface area contributed by atoms with Crippen LogP contribution in [-0.4, -0.2) is 36.9 Å². The van der Waals surface area contributed by atoms with Crippen LogP contribution in [0.1, 0.15) is 26.7 Å². The number of anilines is 1. The van der Waals surface area contributed by atoms with Crippen LogP contribution < -0.4 is 10.1 Å². The second-order valence-corrected chi connectivity index (χ2v) is 5.83. The number of methoxy groups -OCH3 is 1. The number of rotatable bonds is 7. The Bertz CT molecular complexity index is 544. The zero-order chi connectivity index (χ0) is 16.1. The summed E-state index contributed by atoms with van der Waals surface area (Å²) in [4.78, 5) is 26.2. The largest absolute Gasteiger partial charge is 0.495 e. The Hall–Kier alpha value is -2.04. The van der Waals surface area contributed by atoms with E-state index in [1.54, 1.807) is 24.1 Å². The van der Waals surface area contributed by atoms with Gasteiger partial charge in [0.1, 0.15) is 5.75 Å². The molecule has 0 heterocycles. The predicted molar refractivity (Wildman–Crippen MR) is 85.8 cm³/mol. The van der Waals surface area contributed by atoms with Crippen molar-refractivity contribution >= 4 is 17.5 Å². The fourth-order valence-corrected chi connectivity index (χ4v) is 2.55. The quantitative estimate of drug-likeness (QED) is 0.842. The van der Waals surface area contributed by atoms with Crippen molar-refractivity contribution in [3.8, 4) is 5.75 Å². The molecule has 1 aromatic rings. The molecule has 0 saturated heterocycles. The van der Waals surface area contributed by atoms with E-state index < -0.39 is 0 Å². The van der Waals surface area contributed by atoms with Crippen LogP contribution in [0.2, 0.25) is 0 Å². The summed E-state index contributed by atoms with van der Waals surface area (Å²) in [6, 6.07) is 7.25. The molecular weight excluding hydrogens is 280 g/mol. The van der Waals surface area contributed by atoms with Crippen molar-refractivity contribution in [2.45, 2.75) is 26.7 Å². The predicted octanol–water partition coefficient (Wildman–Crippen LogP) is 2.53. The Morgan fingerprint density at radius 2 is 2.05 bits per heavy atom. The third kappa shape index (κ3) is 4.00. The number of hydrogen-bond acceptors (Lipinski definition) is 3. The topological polar surface area (TPSA) is 58.6 Å². The molecule has 2 atom stereocenters. The van der Waals surface area contributed by atoms with Gasteiger partial charge in [0.25, 0.3) is 0 Å². The number of carbonyl (C=O) groups is 2. The summed E-state index contributed by atoms with van der Waals surface area (Å²) >= 11 is 0. The van der Waals surface area contributed by atoms with E-state index in [1.165, 1.54) is 0 Å². The van der Waals surface area contributed by atoms with Gasteiger partial charge >= 0.3 is 0 Å². The molecule has 5 nitrogen and oxygen atoms in total. The van der Waals surface area contributed by atoms with Crippen molar-refractivity contribution < 1.29 is 14.3 Å². The molecule has 0 spiro atoms. The van der Waals surface area contributed by atoms with Gasteiger partial charge in [0.2, 0.25) is 11.8 Å². The summed E-state index contributed by atoms with van der Waals surface area (Å²) < 4.78 is 5.21. The number of hydrogen-bond donors (Lipinski definition) is 1. The molecule has 2 amide bonds. The van der Waals surface area contributed by atoms with Gasteiger partial charge in [0, 0.05) is 12.5 Å². The van der Waals surface area contributed by atoms with Crippen molar-refractivity contribution in [1.82, 2.24) is 4.90 Å². The normalized spacial score (nSPS) is 19.4. The molecule has 22 heavy (non-hydrogen) atoms. The zero-order valence-electron chi connectivity index (χ0n) is 13.5. The zero-order valence-corrected chi connectivity index (χ0v) is 13.5. The van der Waals surface area contributed by atoms with Crippen LogP contribution >= 0.6 is 0 Å². The first-order chi connectivity index (χ1) is 10.6. The minimum atomic E-state index is -0.195. The van der Waals surface area contributed by atoms with Gasteiger partial charge in [-0.1, -0.05) is 26.0 Å². The summed E-state index contributed by atoms with van der Waals surface area (Å²) in [5.41, 5.74) is 0.624. The molecule has 0 bridgehead atoms. The van der Waals surface area contributed by atoms with E-state index >= 15 is 0 Å². The van der Waals surface area contributed by atoms with Gasteiger partial charge in [-0.15, -0.1) is 0 Å². The van der Waals surface area contributed by atoms with Crippen molar-refractivity contribution in [1.29, 1.82) is 0 Å². The van der Waals surface area contributed by atoms with E-state index in [9.17, 15) is 9.59 Å². The number of nitrogens with zero attached hydrogens (tertiary/aromatic N) is 1. The number of benzene rings is 1. The maximum atomic E-state index is 12.3. The van der Waals surface area contributed by atoms with E-state index in [2.05, 4.69) is 12.2 Å². The highest BCUT2D eigenvalue weighted by atomic mass is 16.5. The van der Waals surface area contributed by atoms with Crippen LogP contribution in [0.4, 0.5) is 5.69 Å². The van der Waals surface area contributed by atoms with Gasteiger partial charge < -0.3 is 15.0 Å². The van der Waals surface area contributed by atoms with E-state index in [0.29, 0.717) is 23.9 Å². The molecule has 0 aliphatic heterocycles. The molecule has 2 unspecified atom stereocenters. The average Bonchev–Trinajstić information content (AvgIpc) is 3.23. The molecule has 0 aromatic heterocycles. The minimum absolute atomic E-state index is 0.0912. The lowest BCUT2D eigenvalue weighted by Gasteiger charge is -2.22. The summed E-state index contributed by atoms with van der Waals surface area (Å²) in [7, 11) is 1.56. The SMILES string of the molecule is CCCN(CC(=O)Nc1ccccc1OC)C(=O)C1CC1C. The van der Waals surface area contributed by atoms with Crippen LogP contribution in [0, 0.1) is 11.8 Å². The van der Waals surface area contributed by atoms with Gasteiger partial charge in [-0.3, -0.25) is 9.59 Å². The lowest BCUT2D eigenvalue weighted by molar-refractivity contribution is -0.136. The highest BCUT2D eigenvalue weighted by Crippen LogP contribution is 2.39. The number of amides is 2. The highest BCUT2D eigenvalue weighted by molar-refractivity contribution is 5.96. The third-order valence-corrected chi connectivity index (χ3v) is 3.95. The van der Waals surface area contributed by atoms with Crippen molar-refractivity contribution in [3.63, 3.8) is 0 Å². The first kappa shape index (κ1) is 16.3. The Morgan fingerprint density at radius 3 is 2.64 bits per heavy atom.